The van der Waals surface area contributed by atoms with Gasteiger partial charge in [-0.1, -0.05) is 24.3 Å². The highest BCUT2D eigenvalue weighted by molar-refractivity contribution is 5.87. The number of hydrogen-bond donors (Lipinski definition) is 0. The predicted octanol–water partition coefficient (Wildman–Crippen LogP) is 2.86. The Labute approximate surface area is 154 Å². The van der Waals surface area contributed by atoms with Gasteiger partial charge in [0.25, 0.3) is 0 Å². The van der Waals surface area contributed by atoms with E-state index >= 15 is 0 Å². The molecule has 0 bridgehead atoms. The Morgan fingerprint density at radius 3 is 2.54 bits per heavy atom. The van der Waals surface area contributed by atoms with Crippen molar-refractivity contribution in [2.45, 2.75) is 64.3 Å². The molecule has 0 aromatic heterocycles. The van der Waals surface area contributed by atoms with Crippen molar-refractivity contribution in [3.63, 3.8) is 0 Å². The van der Waals surface area contributed by atoms with Gasteiger partial charge in [0, 0.05) is 13.0 Å². The first-order valence-electron chi connectivity index (χ1n) is 9.06. The molecule has 1 aromatic rings. The van der Waals surface area contributed by atoms with E-state index in [9.17, 15) is 14.9 Å². The lowest BCUT2D eigenvalue weighted by molar-refractivity contribution is -0.137. The summed E-state index contributed by atoms with van der Waals surface area (Å²) in [5, 5.41) is 9.32. The Morgan fingerprint density at radius 2 is 1.88 bits per heavy atom. The van der Waals surface area contributed by atoms with Crippen LogP contribution in [-0.2, 0) is 22.5 Å². The van der Waals surface area contributed by atoms with E-state index in [-0.39, 0.29) is 5.91 Å². The second kappa shape index (κ2) is 6.99. The molecule has 0 saturated carbocycles. The lowest BCUT2D eigenvalue weighted by Gasteiger charge is -2.38. The number of likely N-dealkylation sites (tertiary alicyclic amines) is 1. The molecule has 0 radical (unpaired) electrons. The third-order valence-electron chi connectivity index (χ3n) is 4.85. The maximum Gasteiger partial charge on any atom is 0.411 e. The number of nitriles is 1. The van der Waals surface area contributed by atoms with Gasteiger partial charge in [0.2, 0.25) is 5.91 Å². The van der Waals surface area contributed by atoms with Crippen LogP contribution in [0, 0.1) is 11.3 Å². The Bertz CT molecular complexity index is 747. The molecule has 3 rings (SSSR count). The van der Waals surface area contributed by atoms with Gasteiger partial charge in [0.15, 0.2) is 0 Å². The molecule has 0 N–H and O–H groups in total. The van der Waals surface area contributed by atoms with Crippen LogP contribution in [0.5, 0.6) is 0 Å². The molecule has 0 unspecified atom stereocenters. The van der Waals surface area contributed by atoms with E-state index < -0.39 is 23.8 Å². The summed E-state index contributed by atoms with van der Waals surface area (Å²) in [4.78, 5) is 29.1. The molecule has 1 saturated heterocycles. The van der Waals surface area contributed by atoms with Crippen LogP contribution in [0.2, 0.25) is 0 Å². The molecule has 2 aliphatic heterocycles. The molecule has 2 amide bonds. The van der Waals surface area contributed by atoms with Gasteiger partial charge in [-0.15, -0.1) is 0 Å². The minimum absolute atomic E-state index is 0.158. The number of carbonyl (C=O) groups excluding carboxylic acids is 2. The smallest absolute Gasteiger partial charge is 0.411 e. The van der Waals surface area contributed by atoms with Crippen molar-refractivity contribution < 1.29 is 14.3 Å². The topological polar surface area (TPSA) is 73.6 Å². The highest BCUT2D eigenvalue weighted by Gasteiger charge is 2.41. The molecular formula is C20H25N3O3. The van der Waals surface area contributed by atoms with Crippen molar-refractivity contribution >= 4 is 12.0 Å². The van der Waals surface area contributed by atoms with Crippen molar-refractivity contribution in [2.75, 3.05) is 6.54 Å². The lowest BCUT2D eigenvalue weighted by Crippen LogP contribution is -2.55. The molecule has 138 valence electrons. The number of rotatable bonds is 1. The minimum Gasteiger partial charge on any atom is -0.444 e. The minimum atomic E-state index is -0.634. The Hall–Kier alpha value is -2.55. The first-order valence-corrected chi connectivity index (χ1v) is 9.06. The summed E-state index contributed by atoms with van der Waals surface area (Å²) >= 11 is 0. The van der Waals surface area contributed by atoms with Crippen LogP contribution in [0.4, 0.5) is 4.79 Å². The summed E-state index contributed by atoms with van der Waals surface area (Å²) in [5.41, 5.74) is 1.46. The monoisotopic (exact) mass is 355 g/mol. The van der Waals surface area contributed by atoms with E-state index in [1.807, 2.05) is 45.0 Å². The molecule has 2 atom stereocenters. The average molecular weight is 355 g/mol. The molecule has 0 spiro atoms. The number of ether oxygens (including phenoxy) is 1. The normalized spacial score (nSPS) is 22.5. The number of benzene rings is 1. The molecular weight excluding hydrogens is 330 g/mol. The molecule has 1 fully saturated rings. The third kappa shape index (κ3) is 3.67. The Kier molecular flexibility index (Phi) is 4.90. The summed E-state index contributed by atoms with van der Waals surface area (Å²) in [7, 11) is 0. The van der Waals surface area contributed by atoms with Gasteiger partial charge < -0.3 is 9.64 Å². The van der Waals surface area contributed by atoms with E-state index in [0.29, 0.717) is 25.9 Å². The van der Waals surface area contributed by atoms with Gasteiger partial charge in [0.05, 0.1) is 12.6 Å². The fourth-order valence-corrected chi connectivity index (χ4v) is 3.61. The fraction of sp³-hybridized carbons (Fsp3) is 0.550. The van der Waals surface area contributed by atoms with Gasteiger partial charge in [0.1, 0.15) is 17.7 Å². The highest BCUT2D eigenvalue weighted by Crippen LogP contribution is 2.28. The van der Waals surface area contributed by atoms with Crippen LogP contribution in [-0.4, -0.2) is 46.0 Å². The highest BCUT2D eigenvalue weighted by atomic mass is 16.6. The number of nitrogens with zero attached hydrogens (tertiary/aromatic N) is 3. The van der Waals surface area contributed by atoms with E-state index in [4.69, 9.17) is 4.74 Å². The number of carbonyl (C=O) groups is 2. The Morgan fingerprint density at radius 1 is 1.19 bits per heavy atom. The van der Waals surface area contributed by atoms with Crippen LogP contribution < -0.4 is 0 Å². The Balaban J connectivity index is 1.90. The summed E-state index contributed by atoms with van der Waals surface area (Å²) < 4.78 is 5.54. The van der Waals surface area contributed by atoms with Gasteiger partial charge in [-0.05, 0) is 44.7 Å². The van der Waals surface area contributed by atoms with Crippen LogP contribution in [0.1, 0.15) is 44.7 Å². The van der Waals surface area contributed by atoms with Crippen molar-refractivity contribution in [1.29, 1.82) is 5.26 Å². The van der Waals surface area contributed by atoms with Crippen molar-refractivity contribution in [3.05, 3.63) is 35.4 Å². The molecule has 26 heavy (non-hydrogen) atoms. The van der Waals surface area contributed by atoms with Gasteiger partial charge in [-0.25, -0.2) is 4.79 Å². The van der Waals surface area contributed by atoms with E-state index in [1.54, 1.807) is 4.90 Å². The van der Waals surface area contributed by atoms with Crippen molar-refractivity contribution in [3.8, 4) is 6.07 Å². The molecule has 6 heteroatoms. The van der Waals surface area contributed by atoms with Crippen LogP contribution in [0.25, 0.3) is 0 Å². The molecule has 6 nitrogen and oxygen atoms in total. The number of amides is 2. The first kappa shape index (κ1) is 18.2. The summed E-state index contributed by atoms with van der Waals surface area (Å²) in [6.07, 6.45) is 1.47. The van der Waals surface area contributed by atoms with Crippen LogP contribution >= 0.6 is 0 Å². The number of fused-ring (bicyclic) bond motifs is 1. The largest absolute Gasteiger partial charge is 0.444 e. The zero-order chi connectivity index (χ0) is 18.9. The third-order valence-corrected chi connectivity index (χ3v) is 4.85. The zero-order valence-electron chi connectivity index (χ0n) is 15.6. The van der Waals surface area contributed by atoms with Gasteiger partial charge >= 0.3 is 6.09 Å². The quantitative estimate of drug-likeness (QED) is 0.776. The maximum atomic E-state index is 13.2. The molecule has 1 aromatic carbocycles. The summed E-state index contributed by atoms with van der Waals surface area (Å²) in [5.74, 6) is -0.158. The van der Waals surface area contributed by atoms with E-state index in [0.717, 1.165) is 17.5 Å². The average Bonchev–Trinajstić information content (AvgIpc) is 3.07. The SMILES string of the molecule is CC(C)(C)OC(=O)N1Cc2ccccc2C[C@H]1C(=O)N1CCC[C@H]1C#N. The second-order valence-electron chi connectivity index (χ2n) is 7.92. The fourth-order valence-electron chi connectivity index (χ4n) is 3.61. The standard InChI is InChI=1S/C20H25N3O3/c1-20(2,3)26-19(25)23-13-15-8-5-4-7-14(15)11-17(23)18(24)22-10-6-9-16(22)12-21/h4-5,7-8,16-17H,6,9-11,13H2,1-3H3/t16-,17-/m0/s1. The predicted molar refractivity (Wildman–Crippen MR) is 96.1 cm³/mol. The number of hydrogen-bond acceptors (Lipinski definition) is 4. The first-order chi connectivity index (χ1) is 12.3. The van der Waals surface area contributed by atoms with Crippen LogP contribution in [0.15, 0.2) is 24.3 Å². The van der Waals surface area contributed by atoms with E-state index in [2.05, 4.69) is 6.07 Å². The van der Waals surface area contributed by atoms with Gasteiger partial charge in [-0.2, -0.15) is 5.26 Å². The molecule has 2 heterocycles. The zero-order valence-corrected chi connectivity index (χ0v) is 15.6. The van der Waals surface area contributed by atoms with Gasteiger partial charge in [-0.3, -0.25) is 9.69 Å². The lowest BCUT2D eigenvalue weighted by atomic mass is 9.93. The van der Waals surface area contributed by atoms with Crippen LogP contribution in [0.3, 0.4) is 0 Å². The molecule has 0 aliphatic carbocycles. The van der Waals surface area contributed by atoms with E-state index in [1.165, 1.54) is 4.90 Å². The van der Waals surface area contributed by atoms with Crippen molar-refractivity contribution in [1.82, 2.24) is 9.80 Å². The summed E-state index contributed by atoms with van der Waals surface area (Å²) in [6, 6.07) is 9.01. The second-order valence-corrected chi connectivity index (χ2v) is 7.92. The molecule has 2 aliphatic rings. The van der Waals surface area contributed by atoms with Crippen molar-refractivity contribution in [2.24, 2.45) is 0 Å². The maximum absolute atomic E-state index is 13.2. The summed E-state index contributed by atoms with van der Waals surface area (Å²) in [6.45, 7) is 6.34.